The highest BCUT2D eigenvalue weighted by molar-refractivity contribution is 6.22. The number of halogens is 1. The van der Waals surface area contributed by atoms with Gasteiger partial charge in [0.2, 0.25) is 0 Å². The van der Waals surface area contributed by atoms with Crippen molar-refractivity contribution >= 4 is 17.2 Å². The first-order chi connectivity index (χ1) is 5.24. The van der Waals surface area contributed by atoms with Crippen LogP contribution in [-0.2, 0) is 0 Å². The van der Waals surface area contributed by atoms with Crippen LogP contribution in [0.1, 0.15) is 11.3 Å². The van der Waals surface area contributed by atoms with Crippen LogP contribution in [0.15, 0.2) is 24.9 Å². The average molecular weight is 168 g/mol. The Morgan fingerprint density at radius 3 is 2.82 bits per heavy atom. The highest BCUT2D eigenvalue weighted by Gasteiger charge is 1.96. The molecule has 0 aliphatic rings. The molecule has 0 bridgehead atoms. The van der Waals surface area contributed by atoms with Gasteiger partial charge in [0, 0.05) is 12.1 Å². The lowest BCUT2D eigenvalue weighted by Crippen LogP contribution is -1.88. The van der Waals surface area contributed by atoms with Gasteiger partial charge in [0.25, 0.3) is 0 Å². The maximum atomic E-state index is 5.59. The fourth-order valence-corrected chi connectivity index (χ4v) is 0.882. The van der Waals surface area contributed by atoms with Gasteiger partial charge in [-0.3, -0.25) is 4.98 Å². The smallest absolute Gasteiger partial charge is 0.0668 e. The van der Waals surface area contributed by atoms with E-state index in [1.54, 1.807) is 0 Å². The molecule has 0 aliphatic carbocycles. The van der Waals surface area contributed by atoms with Crippen molar-refractivity contribution in [2.24, 2.45) is 0 Å². The molecule has 0 saturated carbocycles. The minimum Gasteiger partial charge on any atom is -0.256 e. The van der Waals surface area contributed by atoms with Crippen molar-refractivity contribution < 1.29 is 0 Å². The van der Waals surface area contributed by atoms with E-state index >= 15 is 0 Å². The van der Waals surface area contributed by atoms with Crippen LogP contribution >= 0.6 is 11.6 Å². The van der Waals surface area contributed by atoms with E-state index in [4.69, 9.17) is 11.6 Å². The number of allylic oxidation sites excluding steroid dienone is 1. The van der Waals surface area contributed by atoms with Crippen molar-refractivity contribution in [1.82, 2.24) is 4.98 Å². The first-order valence-electron chi connectivity index (χ1n) is 3.41. The largest absolute Gasteiger partial charge is 0.256 e. The van der Waals surface area contributed by atoms with Crippen LogP contribution in [0, 0.1) is 6.92 Å². The number of hydrogen-bond acceptors (Lipinski definition) is 1. The molecule has 58 valence electrons. The van der Waals surface area contributed by atoms with Crippen LogP contribution in [-0.4, -0.2) is 10.9 Å². The second-order valence-electron chi connectivity index (χ2n) is 2.46. The maximum absolute atomic E-state index is 5.59. The summed E-state index contributed by atoms with van der Waals surface area (Å²) in [5.41, 5.74) is 2.90. The van der Waals surface area contributed by atoms with Crippen LogP contribution in [0.5, 0.6) is 0 Å². The van der Waals surface area contributed by atoms with E-state index in [-0.39, 0.29) is 0 Å². The average Bonchev–Trinajstić information content (AvgIpc) is 2.05. The third-order valence-corrected chi connectivity index (χ3v) is 1.76. The van der Waals surface area contributed by atoms with Gasteiger partial charge in [0.05, 0.1) is 5.69 Å². The molecule has 1 nitrogen and oxygen atoms in total. The number of pyridine rings is 1. The lowest BCUT2D eigenvalue weighted by Gasteiger charge is -1.99. The van der Waals surface area contributed by atoms with Crippen molar-refractivity contribution in [1.29, 1.82) is 0 Å². The van der Waals surface area contributed by atoms with Crippen LogP contribution in [0.2, 0.25) is 0 Å². The van der Waals surface area contributed by atoms with Gasteiger partial charge in [0.1, 0.15) is 0 Å². The zero-order chi connectivity index (χ0) is 8.27. The number of alkyl halides is 1. The molecule has 11 heavy (non-hydrogen) atoms. The summed E-state index contributed by atoms with van der Waals surface area (Å²) in [6, 6.07) is 3.93. The Labute approximate surface area is 71.7 Å². The normalized spacial score (nSPS) is 9.64. The number of hydrogen-bond donors (Lipinski definition) is 0. The highest BCUT2D eigenvalue weighted by Crippen LogP contribution is 2.10. The zero-order valence-corrected chi connectivity index (χ0v) is 7.23. The molecule has 0 unspecified atom stereocenters. The van der Waals surface area contributed by atoms with Gasteiger partial charge in [-0.25, -0.2) is 0 Å². The Morgan fingerprint density at radius 2 is 2.36 bits per heavy atom. The summed E-state index contributed by atoms with van der Waals surface area (Å²) < 4.78 is 0. The standard InChI is InChI=1S/C9H10ClN/c1-7-3-4-9(11-6-7)8(2)5-10/h3-4,6H,2,5H2,1H3. The van der Waals surface area contributed by atoms with E-state index in [1.807, 2.05) is 25.3 Å². The van der Waals surface area contributed by atoms with Crippen LogP contribution < -0.4 is 0 Å². The van der Waals surface area contributed by atoms with Gasteiger partial charge >= 0.3 is 0 Å². The number of rotatable bonds is 2. The summed E-state index contributed by atoms with van der Waals surface area (Å²) in [7, 11) is 0. The second kappa shape index (κ2) is 3.54. The van der Waals surface area contributed by atoms with Gasteiger partial charge < -0.3 is 0 Å². The summed E-state index contributed by atoms with van der Waals surface area (Å²) in [6.45, 7) is 5.78. The lowest BCUT2D eigenvalue weighted by atomic mass is 10.2. The topological polar surface area (TPSA) is 12.9 Å². The molecule has 1 heterocycles. The van der Waals surface area contributed by atoms with Crippen LogP contribution in [0.3, 0.4) is 0 Å². The first-order valence-corrected chi connectivity index (χ1v) is 3.94. The molecule has 0 saturated heterocycles. The van der Waals surface area contributed by atoms with Crippen molar-refractivity contribution in [2.75, 3.05) is 5.88 Å². The highest BCUT2D eigenvalue weighted by atomic mass is 35.5. The van der Waals surface area contributed by atoms with Crippen LogP contribution in [0.4, 0.5) is 0 Å². The minimum atomic E-state index is 0.441. The van der Waals surface area contributed by atoms with Gasteiger partial charge in [0.15, 0.2) is 0 Å². The number of aryl methyl sites for hydroxylation is 1. The fourth-order valence-electron chi connectivity index (χ4n) is 0.745. The van der Waals surface area contributed by atoms with Crippen molar-refractivity contribution in [3.8, 4) is 0 Å². The second-order valence-corrected chi connectivity index (χ2v) is 2.73. The quantitative estimate of drug-likeness (QED) is 0.618. The summed E-state index contributed by atoms with van der Waals surface area (Å²) in [5, 5.41) is 0. The molecule has 1 rings (SSSR count). The molecule has 0 amide bonds. The van der Waals surface area contributed by atoms with Crippen LogP contribution in [0.25, 0.3) is 5.57 Å². The Hall–Kier alpha value is -0.820. The third kappa shape index (κ3) is 2.05. The maximum Gasteiger partial charge on any atom is 0.0668 e. The van der Waals surface area contributed by atoms with E-state index < -0.39 is 0 Å². The molecule has 1 aromatic rings. The van der Waals surface area contributed by atoms with Gasteiger partial charge in [-0.2, -0.15) is 0 Å². The molecular formula is C9H10ClN. The molecule has 0 aliphatic heterocycles. The zero-order valence-electron chi connectivity index (χ0n) is 6.47. The molecule has 0 aromatic carbocycles. The van der Waals surface area contributed by atoms with Gasteiger partial charge in [-0.1, -0.05) is 12.6 Å². The molecule has 1 aromatic heterocycles. The molecule has 0 radical (unpaired) electrons. The summed E-state index contributed by atoms with van der Waals surface area (Å²) in [5.74, 6) is 0.441. The molecular weight excluding hydrogens is 158 g/mol. The Morgan fingerprint density at radius 1 is 1.64 bits per heavy atom. The molecule has 0 spiro atoms. The first kappa shape index (κ1) is 8.28. The van der Waals surface area contributed by atoms with Crippen molar-refractivity contribution in [3.05, 3.63) is 36.2 Å². The predicted molar refractivity (Wildman–Crippen MR) is 48.7 cm³/mol. The minimum absolute atomic E-state index is 0.441. The molecule has 2 heteroatoms. The Balaban J connectivity index is 2.90. The van der Waals surface area contributed by atoms with E-state index in [1.165, 1.54) is 0 Å². The summed E-state index contributed by atoms with van der Waals surface area (Å²) >= 11 is 5.59. The van der Waals surface area contributed by atoms with Crippen molar-refractivity contribution in [2.45, 2.75) is 6.92 Å². The summed E-state index contributed by atoms with van der Waals surface area (Å²) in [4.78, 5) is 4.17. The molecule has 0 atom stereocenters. The predicted octanol–water partition coefficient (Wildman–Crippen LogP) is 2.64. The Kier molecular flexibility index (Phi) is 2.66. The number of nitrogens with zero attached hydrogens (tertiary/aromatic N) is 1. The SMILES string of the molecule is C=C(CCl)c1ccc(C)cn1. The van der Waals surface area contributed by atoms with E-state index in [9.17, 15) is 0 Å². The van der Waals surface area contributed by atoms with Crippen molar-refractivity contribution in [3.63, 3.8) is 0 Å². The van der Waals surface area contributed by atoms with E-state index in [0.717, 1.165) is 16.8 Å². The number of aromatic nitrogens is 1. The fraction of sp³-hybridized carbons (Fsp3) is 0.222. The lowest BCUT2D eigenvalue weighted by molar-refractivity contribution is 1.23. The van der Waals surface area contributed by atoms with Gasteiger partial charge in [-0.05, 0) is 24.1 Å². The molecule has 0 fully saturated rings. The Bertz CT molecular complexity index is 251. The monoisotopic (exact) mass is 167 g/mol. The molecule has 0 N–H and O–H groups in total. The van der Waals surface area contributed by atoms with Gasteiger partial charge in [-0.15, -0.1) is 11.6 Å². The van der Waals surface area contributed by atoms with E-state index in [2.05, 4.69) is 11.6 Å². The summed E-state index contributed by atoms with van der Waals surface area (Å²) in [6.07, 6.45) is 1.81. The third-order valence-electron chi connectivity index (χ3n) is 1.43. The van der Waals surface area contributed by atoms with E-state index in [0.29, 0.717) is 5.88 Å².